The fraction of sp³-hybridized carbons (Fsp3) is 0.917. The third-order valence-electron chi connectivity index (χ3n) is 3.74. The van der Waals surface area contributed by atoms with Crippen LogP contribution in [0, 0.1) is 5.92 Å². The van der Waals surface area contributed by atoms with E-state index in [0.29, 0.717) is 6.42 Å². The molecular formula is C12H22N2O3S. The van der Waals surface area contributed by atoms with Crippen LogP contribution in [0.4, 0.5) is 0 Å². The maximum Gasteiger partial charge on any atom is 0.157 e. The van der Waals surface area contributed by atoms with Gasteiger partial charge in [-0.25, -0.2) is 0 Å². The zero-order valence-corrected chi connectivity index (χ0v) is 11.8. The molecule has 0 saturated heterocycles. The van der Waals surface area contributed by atoms with Crippen LogP contribution in [-0.4, -0.2) is 56.1 Å². The fourth-order valence-electron chi connectivity index (χ4n) is 2.72. The summed E-state index contributed by atoms with van der Waals surface area (Å²) < 4.78 is 0. The van der Waals surface area contributed by atoms with E-state index in [1.54, 1.807) is 25.6 Å². The highest BCUT2D eigenvalue weighted by molar-refractivity contribution is 8.14. The Morgan fingerprint density at radius 2 is 2.06 bits per heavy atom. The molecular weight excluding hydrogens is 252 g/mol. The molecule has 104 valence electrons. The van der Waals surface area contributed by atoms with Gasteiger partial charge in [0.25, 0.3) is 0 Å². The van der Waals surface area contributed by atoms with E-state index in [9.17, 15) is 15.3 Å². The van der Waals surface area contributed by atoms with Crippen LogP contribution in [0.1, 0.15) is 27.2 Å². The van der Waals surface area contributed by atoms with Gasteiger partial charge in [0.1, 0.15) is 6.10 Å². The maximum absolute atomic E-state index is 10.2. The van der Waals surface area contributed by atoms with Gasteiger partial charge < -0.3 is 20.6 Å². The number of aliphatic hydroxyl groups is 3. The Kier molecular flexibility index (Phi) is 3.92. The number of nitrogens with one attached hydrogen (secondary N) is 1. The van der Waals surface area contributed by atoms with E-state index in [1.807, 2.05) is 6.92 Å². The zero-order chi connectivity index (χ0) is 13.5. The van der Waals surface area contributed by atoms with Gasteiger partial charge in [0.05, 0.1) is 17.7 Å². The molecule has 18 heavy (non-hydrogen) atoms. The van der Waals surface area contributed by atoms with Gasteiger partial charge in [-0.2, -0.15) is 0 Å². The molecule has 0 unspecified atom stereocenters. The highest BCUT2D eigenvalue weighted by Gasteiger charge is 2.50. The lowest BCUT2D eigenvalue weighted by Gasteiger charge is -2.43. The lowest BCUT2D eigenvalue weighted by molar-refractivity contribution is -0.117. The van der Waals surface area contributed by atoms with Gasteiger partial charge >= 0.3 is 0 Å². The van der Waals surface area contributed by atoms with Crippen LogP contribution in [-0.2, 0) is 0 Å². The zero-order valence-electron chi connectivity index (χ0n) is 11.0. The first-order chi connectivity index (χ1) is 8.34. The lowest BCUT2D eigenvalue weighted by atomic mass is 9.73. The Labute approximate surface area is 112 Å². The average Bonchev–Trinajstić information content (AvgIpc) is 2.65. The SMILES string of the molecule is CCNC1=N[C@@H]2[C@@H](O)[C@H](O)[C@@H](C(C)(C)O)C[C@@H]2S1. The van der Waals surface area contributed by atoms with Crippen LogP contribution >= 0.6 is 11.8 Å². The minimum atomic E-state index is -0.993. The van der Waals surface area contributed by atoms with Crippen LogP contribution < -0.4 is 5.32 Å². The second-order valence-corrected chi connectivity index (χ2v) is 6.82. The Hall–Kier alpha value is -0.300. The molecule has 2 rings (SSSR count). The van der Waals surface area contributed by atoms with E-state index in [4.69, 9.17) is 0 Å². The standard InChI is InChI=1S/C12H22N2O3S/c1-4-13-11-14-8-7(18-11)5-6(12(2,3)17)9(15)10(8)16/h6-10,15-17H,4-5H2,1-3H3,(H,13,14)/t6-,7-,8-,9+,10+/m0/s1. The predicted molar refractivity (Wildman–Crippen MR) is 72.7 cm³/mol. The number of nitrogens with zero attached hydrogens (tertiary/aromatic N) is 1. The van der Waals surface area contributed by atoms with Gasteiger partial charge in [-0.3, -0.25) is 4.99 Å². The third-order valence-corrected chi connectivity index (χ3v) is 4.99. The first kappa shape index (κ1) is 14.1. The second kappa shape index (κ2) is 5.00. The van der Waals surface area contributed by atoms with Crippen molar-refractivity contribution in [3.63, 3.8) is 0 Å². The van der Waals surface area contributed by atoms with Crippen molar-refractivity contribution >= 4 is 16.9 Å². The van der Waals surface area contributed by atoms with Crippen molar-refractivity contribution in [3.8, 4) is 0 Å². The summed E-state index contributed by atoms with van der Waals surface area (Å²) in [6, 6.07) is -0.266. The number of aliphatic imine (C=N–C) groups is 1. The van der Waals surface area contributed by atoms with Gasteiger partial charge in [-0.15, -0.1) is 0 Å². The maximum atomic E-state index is 10.2. The van der Waals surface area contributed by atoms with Crippen molar-refractivity contribution in [2.45, 2.75) is 56.3 Å². The highest BCUT2D eigenvalue weighted by atomic mass is 32.2. The number of amidine groups is 1. The fourth-order valence-corrected chi connectivity index (χ4v) is 4.08. The molecule has 4 N–H and O–H groups in total. The summed E-state index contributed by atoms with van der Waals surface area (Å²) in [6.45, 7) is 6.15. The van der Waals surface area contributed by atoms with Crippen molar-refractivity contribution < 1.29 is 15.3 Å². The summed E-state index contributed by atoms with van der Waals surface area (Å²) in [5, 5.41) is 34.5. The molecule has 0 bridgehead atoms. The van der Waals surface area contributed by atoms with Crippen molar-refractivity contribution in [1.82, 2.24) is 5.32 Å². The molecule has 0 aromatic rings. The molecule has 0 spiro atoms. The number of hydrogen-bond acceptors (Lipinski definition) is 6. The van der Waals surface area contributed by atoms with E-state index >= 15 is 0 Å². The summed E-state index contributed by atoms with van der Waals surface area (Å²) in [5.41, 5.74) is -0.993. The minimum absolute atomic E-state index is 0.133. The van der Waals surface area contributed by atoms with E-state index in [-0.39, 0.29) is 17.2 Å². The molecule has 1 fully saturated rings. The average molecular weight is 274 g/mol. The lowest BCUT2D eigenvalue weighted by Crippen LogP contribution is -2.56. The van der Waals surface area contributed by atoms with Gasteiger partial charge in [-0.1, -0.05) is 11.8 Å². The van der Waals surface area contributed by atoms with Gasteiger partial charge in [0.2, 0.25) is 0 Å². The molecule has 5 atom stereocenters. The van der Waals surface area contributed by atoms with Crippen LogP contribution in [0.25, 0.3) is 0 Å². The molecule has 0 aromatic carbocycles. The predicted octanol–water partition coefficient (Wildman–Crippen LogP) is -0.0515. The Morgan fingerprint density at radius 1 is 1.39 bits per heavy atom. The summed E-state index contributed by atoms with van der Waals surface area (Å²) in [5.74, 6) is -0.322. The van der Waals surface area contributed by atoms with Gasteiger partial charge in [0, 0.05) is 17.7 Å². The smallest absolute Gasteiger partial charge is 0.157 e. The Bertz CT molecular complexity index is 343. The van der Waals surface area contributed by atoms with Crippen molar-refractivity contribution in [1.29, 1.82) is 0 Å². The number of thioether (sulfide) groups is 1. The van der Waals surface area contributed by atoms with Crippen molar-refractivity contribution in [2.24, 2.45) is 10.9 Å². The number of fused-ring (bicyclic) bond motifs is 1. The summed E-state index contributed by atoms with van der Waals surface area (Å²) in [4.78, 5) is 4.42. The van der Waals surface area contributed by atoms with Crippen molar-refractivity contribution in [3.05, 3.63) is 0 Å². The molecule has 1 aliphatic carbocycles. The Morgan fingerprint density at radius 3 is 2.61 bits per heavy atom. The monoisotopic (exact) mass is 274 g/mol. The molecule has 5 nitrogen and oxygen atoms in total. The van der Waals surface area contributed by atoms with Crippen LogP contribution in [0.15, 0.2) is 4.99 Å². The summed E-state index contributed by atoms with van der Waals surface area (Å²) >= 11 is 1.60. The topological polar surface area (TPSA) is 85.1 Å². The molecule has 0 radical (unpaired) electrons. The van der Waals surface area contributed by atoms with E-state index in [0.717, 1.165) is 11.7 Å². The van der Waals surface area contributed by atoms with E-state index in [1.165, 1.54) is 0 Å². The molecule has 0 amide bonds. The van der Waals surface area contributed by atoms with Gasteiger partial charge in [0.15, 0.2) is 5.17 Å². The van der Waals surface area contributed by atoms with Crippen LogP contribution in [0.2, 0.25) is 0 Å². The summed E-state index contributed by atoms with van der Waals surface area (Å²) in [6.07, 6.45) is -1.16. The number of aliphatic hydroxyl groups excluding tert-OH is 2. The second-order valence-electron chi connectivity index (χ2n) is 5.59. The largest absolute Gasteiger partial charge is 0.390 e. The normalized spacial score (nSPS) is 40.3. The van der Waals surface area contributed by atoms with Crippen LogP contribution in [0.3, 0.4) is 0 Å². The molecule has 1 saturated carbocycles. The molecule has 6 heteroatoms. The minimum Gasteiger partial charge on any atom is -0.390 e. The first-order valence-corrected chi connectivity index (χ1v) is 7.29. The van der Waals surface area contributed by atoms with E-state index < -0.39 is 17.8 Å². The highest BCUT2D eigenvalue weighted by Crippen LogP contribution is 2.42. The quantitative estimate of drug-likeness (QED) is 0.567. The molecule has 2 aliphatic rings. The Balaban J connectivity index is 2.14. The number of rotatable bonds is 2. The number of hydrogen-bond donors (Lipinski definition) is 4. The van der Waals surface area contributed by atoms with Gasteiger partial charge in [-0.05, 0) is 27.2 Å². The third kappa shape index (κ3) is 2.52. The molecule has 0 aromatic heterocycles. The van der Waals surface area contributed by atoms with Crippen LogP contribution in [0.5, 0.6) is 0 Å². The molecule has 1 aliphatic heterocycles. The van der Waals surface area contributed by atoms with E-state index in [2.05, 4.69) is 10.3 Å². The first-order valence-electron chi connectivity index (χ1n) is 6.41. The molecule has 1 heterocycles. The van der Waals surface area contributed by atoms with Crippen molar-refractivity contribution in [2.75, 3.05) is 6.54 Å². The summed E-state index contributed by atoms with van der Waals surface area (Å²) in [7, 11) is 0.